The Bertz CT molecular complexity index is 379. The molecule has 1 rings (SSSR count). The summed E-state index contributed by atoms with van der Waals surface area (Å²) in [6, 6.07) is 0. The summed E-state index contributed by atoms with van der Waals surface area (Å²) < 4.78 is 61.8. The molecule has 0 saturated carbocycles. The van der Waals surface area contributed by atoms with E-state index >= 15 is 0 Å². The largest absolute Gasteiger partial charge is 0.453 e. The Balaban J connectivity index is 2.43. The van der Waals surface area contributed by atoms with Crippen molar-refractivity contribution in [2.45, 2.75) is 31.9 Å². The minimum Gasteiger partial charge on any atom is -0.353 e. The standard InChI is InChI=1S/C12H17F5N2O/c1-9(20)18-7-10-3-2-5-19(8-10)6-4-11(13,14)12(15,16)17/h3H,2,4-8H2,1H3,(H,18,20). The average molecular weight is 300 g/mol. The molecule has 0 aromatic heterocycles. The molecule has 1 N–H and O–H groups in total. The van der Waals surface area contributed by atoms with Crippen molar-refractivity contribution in [1.29, 1.82) is 0 Å². The van der Waals surface area contributed by atoms with Gasteiger partial charge in [-0.3, -0.25) is 9.69 Å². The van der Waals surface area contributed by atoms with E-state index in [1.807, 2.05) is 6.08 Å². The minimum atomic E-state index is -5.50. The number of alkyl halides is 5. The summed E-state index contributed by atoms with van der Waals surface area (Å²) in [6.07, 6.45) is -4.30. The molecule has 116 valence electrons. The summed E-state index contributed by atoms with van der Waals surface area (Å²) in [5, 5.41) is 2.57. The Hall–Kier alpha value is -1.18. The predicted molar refractivity (Wildman–Crippen MR) is 63.4 cm³/mol. The van der Waals surface area contributed by atoms with E-state index in [-0.39, 0.29) is 12.5 Å². The zero-order valence-corrected chi connectivity index (χ0v) is 11.1. The van der Waals surface area contributed by atoms with E-state index in [2.05, 4.69) is 5.32 Å². The van der Waals surface area contributed by atoms with Gasteiger partial charge in [-0.15, -0.1) is 0 Å². The van der Waals surface area contributed by atoms with Crippen LogP contribution in [-0.4, -0.2) is 49.1 Å². The molecule has 0 saturated heterocycles. The van der Waals surface area contributed by atoms with Crippen LogP contribution in [-0.2, 0) is 4.79 Å². The van der Waals surface area contributed by atoms with Gasteiger partial charge in [0.1, 0.15) is 0 Å². The molecule has 3 nitrogen and oxygen atoms in total. The summed E-state index contributed by atoms with van der Waals surface area (Å²) in [6.45, 7) is 2.06. The number of carbonyl (C=O) groups excluding carboxylic acids is 1. The fourth-order valence-corrected chi connectivity index (χ4v) is 1.88. The smallest absolute Gasteiger partial charge is 0.353 e. The molecule has 0 radical (unpaired) electrons. The van der Waals surface area contributed by atoms with Gasteiger partial charge in [0.05, 0.1) is 0 Å². The first-order valence-electron chi connectivity index (χ1n) is 6.21. The van der Waals surface area contributed by atoms with E-state index < -0.39 is 18.5 Å². The number of nitrogens with zero attached hydrogens (tertiary/aromatic N) is 1. The maximum Gasteiger partial charge on any atom is 0.453 e. The van der Waals surface area contributed by atoms with Crippen LogP contribution in [0.4, 0.5) is 22.0 Å². The first-order valence-corrected chi connectivity index (χ1v) is 6.21. The molecular weight excluding hydrogens is 283 g/mol. The van der Waals surface area contributed by atoms with Crippen molar-refractivity contribution in [2.24, 2.45) is 0 Å². The van der Waals surface area contributed by atoms with Crippen LogP contribution >= 0.6 is 0 Å². The second-order valence-corrected chi connectivity index (χ2v) is 4.79. The molecule has 0 spiro atoms. The van der Waals surface area contributed by atoms with Crippen molar-refractivity contribution in [3.05, 3.63) is 11.6 Å². The number of rotatable bonds is 5. The second kappa shape index (κ2) is 6.51. The molecule has 1 aliphatic rings. The highest BCUT2D eigenvalue weighted by Gasteiger charge is 2.56. The minimum absolute atomic E-state index is 0.216. The summed E-state index contributed by atoms with van der Waals surface area (Å²) >= 11 is 0. The zero-order valence-electron chi connectivity index (χ0n) is 11.1. The van der Waals surface area contributed by atoms with Gasteiger partial charge in [-0.25, -0.2) is 0 Å². The van der Waals surface area contributed by atoms with Crippen LogP contribution in [0, 0.1) is 0 Å². The molecule has 0 unspecified atom stereocenters. The lowest BCUT2D eigenvalue weighted by Gasteiger charge is -2.29. The lowest BCUT2D eigenvalue weighted by molar-refractivity contribution is -0.285. The Kier molecular flexibility index (Phi) is 5.50. The third kappa shape index (κ3) is 5.07. The fourth-order valence-electron chi connectivity index (χ4n) is 1.88. The van der Waals surface area contributed by atoms with Crippen molar-refractivity contribution in [1.82, 2.24) is 10.2 Å². The molecule has 8 heteroatoms. The molecule has 0 atom stereocenters. The SMILES string of the molecule is CC(=O)NCC1=CCCN(CCC(F)(F)C(F)(F)F)C1. The average Bonchev–Trinajstić information content (AvgIpc) is 2.33. The summed E-state index contributed by atoms with van der Waals surface area (Å²) in [5.74, 6) is -4.88. The maximum absolute atomic E-state index is 12.8. The van der Waals surface area contributed by atoms with Crippen LogP contribution in [0.3, 0.4) is 0 Å². The van der Waals surface area contributed by atoms with Gasteiger partial charge in [0.25, 0.3) is 0 Å². The van der Waals surface area contributed by atoms with Gasteiger partial charge < -0.3 is 5.32 Å². The van der Waals surface area contributed by atoms with E-state index in [0.717, 1.165) is 5.57 Å². The van der Waals surface area contributed by atoms with Gasteiger partial charge in [0.2, 0.25) is 5.91 Å². The lowest BCUT2D eigenvalue weighted by atomic mass is 10.1. The van der Waals surface area contributed by atoms with Crippen LogP contribution in [0.25, 0.3) is 0 Å². The van der Waals surface area contributed by atoms with Gasteiger partial charge in [0, 0.05) is 39.5 Å². The van der Waals surface area contributed by atoms with Gasteiger partial charge >= 0.3 is 12.1 Å². The highest BCUT2D eigenvalue weighted by atomic mass is 19.4. The maximum atomic E-state index is 12.8. The van der Waals surface area contributed by atoms with Crippen LogP contribution < -0.4 is 5.32 Å². The van der Waals surface area contributed by atoms with Crippen LogP contribution in [0.2, 0.25) is 0 Å². The first-order chi connectivity index (χ1) is 9.12. The molecule has 20 heavy (non-hydrogen) atoms. The highest BCUT2D eigenvalue weighted by molar-refractivity contribution is 5.73. The van der Waals surface area contributed by atoms with Crippen molar-refractivity contribution in [3.8, 4) is 0 Å². The number of nitrogens with one attached hydrogen (secondary N) is 1. The molecule has 1 aliphatic heterocycles. The van der Waals surface area contributed by atoms with Gasteiger partial charge in [0.15, 0.2) is 0 Å². The third-order valence-corrected chi connectivity index (χ3v) is 3.03. The molecule has 0 bridgehead atoms. The van der Waals surface area contributed by atoms with E-state index in [4.69, 9.17) is 0 Å². The Labute approximate surface area is 113 Å². The molecule has 0 aromatic carbocycles. The molecule has 0 aliphatic carbocycles. The van der Waals surface area contributed by atoms with Crippen LogP contribution in [0.15, 0.2) is 11.6 Å². The number of amides is 1. The zero-order chi connectivity index (χ0) is 15.4. The molecule has 1 heterocycles. The summed E-state index contributed by atoms with van der Waals surface area (Å²) in [7, 11) is 0. The van der Waals surface area contributed by atoms with Gasteiger partial charge in [-0.05, 0) is 12.0 Å². The van der Waals surface area contributed by atoms with Crippen molar-refractivity contribution in [2.75, 3.05) is 26.2 Å². The lowest BCUT2D eigenvalue weighted by Crippen LogP contribution is -2.42. The summed E-state index contributed by atoms with van der Waals surface area (Å²) in [5.41, 5.74) is 0.821. The Morgan fingerprint density at radius 1 is 1.35 bits per heavy atom. The van der Waals surface area contributed by atoms with Crippen LogP contribution in [0.1, 0.15) is 19.8 Å². The topological polar surface area (TPSA) is 32.3 Å². The van der Waals surface area contributed by atoms with E-state index in [1.165, 1.54) is 11.8 Å². The van der Waals surface area contributed by atoms with Crippen molar-refractivity contribution >= 4 is 5.91 Å². The Morgan fingerprint density at radius 3 is 2.55 bits per heavy atom. The quantitative estimate of drug-likeness (QED) is 0.624. The normalized spacial score (nSPS) is 17.8. The number of halogens is 5. The van der Waals surface area contributed by atoms with E-state index in [9.17, 15) is 26.7 Å². The third-order valence-electron chi connectivity index (χ3n) is 3.03. The number of hydrogen-bond acceptors (Lipinski definition) is 2. The molecule has 0 fully saturated rings. The Morgan fingerprint density at radius 2 is 2.00 bits per heavy atom. The van der Waals surface area contributed by atoms with Crippen molar-refractivity contribution in [3.63, 3.8) is 0 Å². The van der Waals surface area contributed by atoms with Gasteiger partial charge in [-0.1, -0.05) is 6.08 Å². The molecule has 1 amide bonds. The summed E-state index contributed by atoms with van der Waals surface area (Å²) in [4.78, 5) is 12.3. The highest BCUT2D eigenvalue weighted by Crippen LogP contribution is 2.38. The first kappa shape index (κ1) is 16.9. The van der Waals surface area contributed by atoms with E-state index in [0.29, 0.717) is 26.1 Å². The van der Waals surface area contributed by atoms with Crippen LogP contribution in [0.5, 0.6) is 0 Å². The fraction of sp³-hybridized carbons (Fsp3) is 0.750. The van der Waals surface area contributed by atoms with Crippen molar-refractivity contribution < 1.29 is 26.7 Å². The molecule has 0 aromatic rings. The van der Waals surface area contributed by atoms with Gasteiger partial charge in [-0.2, -0.15) is 22.0 Å². The van der Waals surface area contributed by atoms with E-state index in [1.54, 1.807) is 0 Å². The predicted octanol–water partition coefficient (Wildman–Crippen LogP) is 2.34. The molecular formula is C12H17F5N2O. The number of hydrogen-bond donors (Lipinski definition) is 1. The monoisotopic (exact) mass is 300 g/mol. The number of carbonyl (C=O) groups is 1. The second-order valence-electron chi connectivity index (χ2n) is 4.79.